The molecule has 1 atom stereocenters. The normalized spacial score (nSPS) is 19.9. The summed E-state index contributed by atoms with van der Waals surface area (Å²) in [7, 11) is 0. The third kappa shape index (κ3) is 4.91. The molecule has 2 fully saturated rings. The molecule has 1 N–H and O–H groups in total. The van der Waals surface area contributed by atoms with Crippen LogP contribution >= 0.6 is 0 Å². The van der Waals surface area contributed by atoms with Gasteiger partial charge in [0, 0.05) is 31.6 Å². The van der Waals surface area contributed by atoms with Crippen LogP contribution in [0.15, 0.2) is 59.0 Å². The van der Waals surface area contributed by atoms with Gasteiger partial charge in [-0.15, -0.1) is 0 Å². The molecule has 0 aliphatic carbocycles. The number of rotatable bonds is 6. The number of amides is 1. The van der Waals surface area contributed by atoms with Crippen molar-refractivity contribution in [1.82, 2.24) is 9.80 Å². The fourth-order valence-corrected chi connectivity index (χ4v) is 5.45. The van der Waals surface area contributed by atoms with E-state index in [4.69, 9.17) is 4.42 Å². The van der Waals surface area contributed by atoms with Gasteiger partial charge in [0.05, 0.1) is 5.60 Å². The second-order valence-electron chi connectivity index (χ2n) is 10.2. The van der Waals surface area contributed by atoms with E-state index in [0.717, 1.165) is 75.8 Å². The predicted octanol–water partition coefficient (Wildman–Crippen LogP) is 5.54. The van der Waals surface area contributed by atoms with Crippen LogP contribution in [-0.4, -0.2) is 53.5 Å². The number of carbonyl (C=O) groups excluding carboxylic acids is 1. The van der Waals surface area contributed by atoms with E-state index in [1.54, 1.807) is 0 Å². The highest BCUT2D eigenvalue weighted by atomic mass is 16.3. The van der Waals surface area contributed by atoms with Crippen molar-refractivity contribution in [2.24, 2.45) is 0 Å². The lowest BCUT2D eigenvalue weighted by atomic mass is 9.84. The smallest absolute Gasteiger partial charge is 0.289 e. The second-order valence-corrected chi connectivity index (χ2v) is 10.2. The lowest BCUT2D eigenvalue weighted by Crippen LogP contribution is -2.43. The van der Waals surface area contributed by atoms with Gasteiger partial charge >= 0.3 is 0 Å². The number of furan rings is 1. The highest BCUT2D eigenvalue weighted by Crippen LogP contribution is 2.35. The lowest BCUT2D eigenvalue weighted by Gasteiger charge is -2.39. The van der Waals surface area contributed by atoms with Gasteiger partial charge in [-0.2, -0.15) is 0 Å². The van der Waals surface area contributed by atoms with Crippen LogP contribution in [0.2, 0.25) is 0 Å². The highest BCUT2D eigenvalue weighted by Gasteiger charge is 2.34. The minimum Gasteiger partial charge on any atom is -0.451 e. The Morgan fingerprint density at radius 3 is 2.47 bits per heavy atom. The van der Waals surface area contributed by atoms with Gasteiger partial charge in [-0.1, -0.05) is 43.3 Å². The van der Waals surface area contributed by atoms with E-state index in [0.29, 0.717) is 17.3 Å². The Labute approximate surface area is 202 Å². The van der Waals surface area contributed by atoms with Crippen molar-refractivity contribution < 1.29 is 14.3 Å². The summed E-state index contributed by atoms with van der Waals surface area (Å²) in [5, 5.41) is 12.4. The summed E-state index contributed by atoms with van der Waals surface area (Å²) < 4.78 is 5.89. The molecular weight excluding hydrogens is 424 g/mol. The van der Waals surface area contributed by atoms with Crippen molar-refractivity contribution in [3.8, 4) is 0 Å². The zero-order valence-electron chi connectivity index (χ0n) is 20.2. The standard InChI is InChI=1S/C29H36N2O3/c1-22(23-8-4-2-5-9-23)12-17-30-18-13-29(33,14-19-30)25-10-11-26-24(20-25)21-27(34-26)28(32)31-15-6-3-7-16-31/h2,4-5,8-11,20-22,33H,3,6-7,12-19H2,1H3. The molecule has 5 rings (SSSR count). The first kappa shape index (κ1) is 23.1. The van der Waals surface area contributed by atoms with E-state index in [1.807, 2.05) is 29.2 Å². The maximum atomic E-state index is 12.8. The van der Waals surface area contributed by atoms with Gasteiger partial charge < -0.3 is 19.3 Å². The monoisotopic (exact) mass is 460 g/mol. The van der Waals surface area contributed by atoms with Gasteiger partial charge in [-0.3, -0.25) is 4.79 Å². The number of benzene rings is 2. The van der Waals surface area contributed by atoms with Crippen LogP contribution in [0.3, 0.4) is 0 Å². The quantitative estimate of drug-likeness (QED) is 0.525. The minimum atomic E-state index is -0.829. The molecule has 0 radical (unpaired) electrons. The van der Waals surface area contributed by atoms with Crippen molar-refractivity contribution in [1.29, 1.82) is 0 Å². The Morgan fingerprint density at radius 1 is 1.00 bits per heavy atom. The molecule has 1 amide bonds. The zero-order valence-corrected chi connectivity index (χ0v) is 20.2. The molecule has 3 aromatic rings. The molecule has 2 aliphatic heterocycles. The largest absolute Gasteiger partial charge is 0.451 e. The molecular formula is C29H36N2O3. The minimum absolute atomic E-state index is 0.0193. The number of hydrogen-bond acceptors (Lipinski definition) is 4. The second kappa shape index (κ2) is 9.93. The first-order valence-corrected chi connectivity index (χ1v) is 12.8. The summed E-state index contributed by atoms with van der Waals surface area (Å²) in [6, 6.07) is 18.4. The molecule has 1 aromatic heterocycles. The summed E-state index contributed by atoms with van der Waals surface area (Å²) in [6.45, 7) is 6.73. The average Bonchev–Trinajstić information content (AvgIpc) is 3.32. The number of hydrogen-bond donors (Lipinski definition) is 1. The van der Waals surface area contributed by atoms with Crippen LogP contribution in [0.5, 0.6) is 0 Å². The van der Waals surface area contributed by atoms with E-state index < -0.39 is 5.60 Å². The lowest BCUT2D eigenvalue weighted by molar-refractivity contribution is -0.0261. The molecule has 5 nitrogen and oxygen atoms in total. The van der Waals surface area contributed by atoms with Crippen LogP contribution in [0.1, 0.15) is 73.0 Å². The molecule has 0 bridgehead atoms. The molecule has 2 saturated heterocycles. The van der Waals surface area contributed by atoms with Crippen LogP contribution in [-0.2, 0) is 5.60 Å². The Balaban J connectivity index is 1.21. The third-order valence-corrected chi connectivity index (χ3v) is 7.84. The predicted molar refractivity (Wildman–Crippen MR) is 135 cm³/mol. The van der Waals surface area contributed by atoms with Gasteiger partial charge in [-0.25, -0.2) is 0 Å². The van der Waals surface area contributed by atoms with Crippen LogP contribution in [0.25, 0.3) is 11.0 Å². The van der Waals surface area contributed by atoms with Crippen LogP contribution < -0.4 is 0 Å². The molecule has 1 unspecified atom stereocenters. The molecule has 3 heterocycles. The summed E-state index contributed by atoms with van der Waals surface area (Å²) >= 11 is 0. The Hall–Kier alpha value is -2.63. The van der Waals surface area contributed by atoms with E-state index >= 15 is 0 Å². The van der Waals surface area contributed by atoms with Gasteiger partial charge in [0.25, 0.3) is 5.91 Å². The fourth-order valence-electron chi connectivity index (χ4n) is 5.45. The number of aliphatic hydroxyl groups is 1. The van der Waals surface area contributed by atoms with Crippen LogP contribution in [0, 0.1) is 0 Å². The number of piperidine rings is 2. The van der Waals surface area contributed by atoms with Gasteiger partial charge in [-0.05, 0) is 80.3 Å². The summed E-state index contributed by atoms with van der Waals surface area (Å²) in [4.78, 5) is 17.2. The van der Waals surface area contributed by atoms with Crippen LogP contribution in [0.4, 0.5) is 0 Å². The maximum absolute atomic E-state index is 12.8. The van der Waals surface area contributed by atoms with Gasteiger partial charge in [0.1, 0.15) is 5.58 Å². The number of carbonyl (C=O) groups is 1. The van der Waals surface area contributed by atoms with Gasteiger partial charge in [0.2, 0.25) is 0 Å². The number of nitrogens with zero attached hydrogens (tertiary/aromatic N) is 2. The molecule has 0 saturated carbocycles. The van der Waals surface area contributed by atoms with E-state index in [2.05, 4.69) is 42.2 Å². The maximum Gasteiger partial charge on any atom is 0.289 e. The zero-order chi connectivity index (χ0) is 23.5. The number of likely N-dealkylation sites (tertiary alicyclic amines) is 2. The summed E-state index contributed by atoms with van der Waals surface area (Å²) in [5.41, 5.74) is 2.20. The molecule has 34 heavy (non-hydrogen) atoms. The fraction of sp³-hybridized carbons (Fsp3) is 0.483. The first-order chi connectivity index (χ1) is 16.5. The van der Waals surface area contributed by atoms with E-state index in [1.165, 1.54) is 12.0 Å². The number of fused-ring (bicyclic) bond motifs is 1. The first-order valence-electron chi connectivity index (χ1n) is 12.8. The summed E-state index contributed by atoms with van der Waals surface area (Å²) in [5.74, 6) is 0.921. The average molecular weight is 461 g/mol. The molecule has 2 aliphatic rings. The van der Waals surface area contributed by atoms with E-state index in [9.17, 15) is 9.90 Å². The van der Waals surface area contributed by atoms with Crippen molar-refractivity contribution in [3.05, 3.63) is 71.5 Å². The van der Waals surface area contributed by atoms with Crippen molar-refractivity contribution in [2.45, 2.75) is 57.0 Å². The molecule has 5 heteroatoms. The van der Waals surface area contributed by atoms with Crippen molar-refractivity contribution in [3.63, 3.8) is 0 Å². The molecule has 2 aromatic carbocycles. The molecule has 180 valence electrons. The third-order valence-electron chi connectivity index (χ3n) is 7.84. The Bertz CT molecular complexity index is 1110. The van der Waals surface area contributed by atoms with Gasteiger partial charge in [0.15, 0.2) is 5.76 Å². The molecule has 0 spiro atoms. The highest BCUT2D eigenvalue weighted by molar-refractivity contribution is 5.96. The SMILES string of the molecule is CC(CCN1CCC(O)(c2ccc3oc(C(=O)N4CCCCC4)cc3c2)CC1)c1ccccc1. The van der Waals surface area contributed by atoms with Crippen molar-refractivity contribution in [2.75, 3.05) is 32.7 Å². The van der Waals surface area contributed by atoms with Crippen molar-refractivity contribution >= 4 is 16.9 Å². The Morgan fingerprint density at radius 2 is 1.74 bits per heavy atom. The topological polar surface area (TPSA) is 56.9 Å². The van der Waals surface area contributed by atoms with E-state index in [-0.39, 0.29) is 5.91 Å². The summed E-state index contributed by atoms with van der Waals surface area (Å²) in [6.07, 6.45) is 5.87. The Kier molecular flexibility index (Phi) is 6.75.